The number of hydrogen-bond acceptors (Lipinski definition) is 5. The molecule has 0 radical (unpaired) electrons. The van der Waals surface area contributed by atoms with E-state index in [1.807, 2.05) is 13.8 Å². The lowest BCUT2D eigenvalue weighted by molar-refractivity contribution is -0.480. The van der Waals surface area contributed by atoms with Gasteiger partial charge in [-0.05, 0) is 37.1 Å². The number of hydrogen-bond donors (Lipinski definition) is 1. The maximum Gasteiger partial charge on any atom is 0.430 e. The summed E-state index contributed by atoms with van der Waals surface area (Å²) in [7, 11) is -7.42. The van der Waals surface area contributed by atoms with Gasteiger partial charge in [0.05, 0.1) is 0 Å². The van der Waals surface area contributed by atoms with E-state index in [0.29, 0.717) is 5.75 Å². The Kier molecular flexibility index (Phi) is 9.93. The van der Waals surface area contributed by atoms with E-state index in [2.05, 4.69) is 24.6 Å². The third-order valence-electron chi connectivity index (χ3n) is 3.89. The predicted molar refractivity (Wildman–Crippen MR) is 96.6 cm³/mol. The minimum atomic E-state index is -7.81. The highest BCUT2D eigenvalue weighted by Crippen LogP contribution is 2.55. The van der Waals surface area contributed by atoms with E-state index >= 15 is 0 Å². The van der Waals surface area contributed by atoms with Gasteiger partial charge in [-0.15, -0.1) is 0 Å². The van der Waals surface area contributed by atoms with Crippen LogP contribution in [-0.4, -0.2) is 66.3 Å². The molecule has 206 valence electrons. The van der Waals surface area contributed by atoms with Crippen molar-refractivity contribution in [2.24, 2.45) is 0 Å². The van der Waals surface area contributed by atoms with Crippen molar-refractivity contribution in [2.45, 2.75) is 54.5 Å². The van der Waals surface area contributed by atoms with Gasteiger partial charge in [-0.2, -0.15) is 43.9 Å². The standard InChI is InChI=1S/C10H14OS.C6H2F12O4S/c1-7-5-9(12(3)4)6-8(2)10(7)11;7-1(8)2(9,10)22-5(15,16)3(11,12)4(13,14)6(17,18)23(19,20)21/h5-6H,1-4H3;1H,(H,19,20,21). The Morgan fingerprint density at radius 2 is 1.26 bits per heavy atom. The van der Waals surface area contributed by atoms with Crippen LogP contribution in [0.15, 0.2) is 17.0 Å². The van der Waals surface area contributed by atoms with Gasteiger partial charge in [-0.1, -0.05) is 0 Å². The summed E-state index contributed by atoms with van der Waals surface area (Å²) >= 11 is 0. The first-order valence-electron chi connectivity index (χ1n) is 8.38. The van der Waals surface area contributed by atoms with Crippen molar-refractivity contribution in [3.63, 3.8) is 0 Å². The number of aryl methyl sites for hydroxylation is 2. The molecule has 0 aliphatic rings. The van der Waals surface area contributed by atoms with E-state index in [4.69, 9.17) is 0 Å². The van der Waals surface area contributed by atoms with Gasteiger partial charge in [0.15, 0.2) is 15.0 Å². The van der Waals surface area contributed by atoms with Crippen molar-refractivity contribution >= 4 is 21.0 Å². The largest absolute Gasteiger partial charge is 0.743 e. The van der Waals surface area contributed by atoms with Crippen LogP contribution in [-0.2, 0) is 25.7 Å². The van der Waals surface area contributed by atoms with Crippen LogP contribution < -0.4 is 0 Å². The molecule has 0 amide bonds. The second-order valence-corrected chi connectivity index (χ2v) is 10.3. The summed E-state index contributed by atoms with van der Waals surface area (Å²) in [5.41, 5.74) is 1.96. The van der Waals surface area contributed by atoms with Crippen molar-refractivity contribution in [3.8, 4) is 5.75 Å². The molecule has 0 aliphatic carbocycles. The Morgan fingerprint density at radius 3 is 1.54 bits per heavy atom. The lowest BCUT2D eigenvalue weighted by Gasteiger charge is -2.37. The molecule has 0 spiro atoms. The Bertz CT molecular complexity index is 974. The van der Waals surface area contributed by atoms with Crippen LogP contribution in [0.2, 0.25) is 0 Å². The van der Waals surface area contributed by atoms with Gasteiger partial charge in [0, 0.05) is 10.9 Å². The van der Waals surface area contributed by atoms with Crippen LogP contribution in [0.5, 0.6) is 5.75 Å². The molecule has 0 heterocycles. The Balaban J connectivity index is 0.000000801. The second kappa shape index (κ2) is 10.4. The molecular formula is C16H16F12O5S2. The molecule has 35 heavy (non-hydrogen) atoms. The Morgan fingerprint density at radius 1 is 0.886 bits per heavy atom. The number of phenols is 1. The van der Waals surface area contributed by atoms with Gasteiger partial charge in [-0.25, -0.2) is 21.9 Å². The third-order valence-corrected chi connectivity index (χ3v) is 5.96. The molecule has 19 heteroatoms. The molecule has 1 N–H and O–H groups in total. The fourth-order valence-electron chi connectivity index (χ4n) is 1.95. The first kappa shape index (κ1) is 33.4. The zero-order valence-corrected chi connectivity index (χ0v) is 19.3. The van der Waals surface area contributed by atoms with Crippen LogP contribution in [0, 0.1) is 13.8 Å². The summed E-state index contributed by atoms with van der Waals surface area (Å²) in [6, 6.07) is 4.12. The number of halogens is 12. The van der Waals surface area contributed by atoms with E-state index in [9.17, 15) is 70.8 Å². The molecule has 0 fully saturated rings. The summed E-state index contributed by atoms with van der Waals surface area (Å²) in [6.07, 6.45) is -14.8. The van der Waals surface area contributed by atoms with E-state index in [-0.39, 0.29) is 10.9 Å². The van der Waals surface area contributed by atoms with E-state index in [0.717, 1.165) is 11.1 Å². The molecule has 0 atom stereocenters. The first-order valence-corrected chi connectivity index (χ1v) is 11.8. The topological polar surface area (TPSA) is 86.7 Å². The van der Waals surface area contributed by atoms with Crippen LogP contribution in [0.4, 0.5) is 52.7 Å². The van der Waals surface area contributed by atoms with Gasteiger partial charge in [0.25, 0.3) is 0 Å². The van der Waals surface area contributed by atoms with Crippen LogP contribution in [0.3, 0.4) is 0 Å². The highest BCUT2D eigenvalue weighted by Gasteiger charge is 2.85. The molecular weight excluding hydrogens is 564 g/mol. The summed E-state index contributed by atoms with van der Waals surface area (Å²) in [4.78, 5) is 1.32. The average Bonchev–Trinajstić information content (AvgIpc) is 2.63. The minimum absolute atomic E-state index is 0.281. The Hall–Kier alpha value is -1.60. The quantitative estimate of drug-likeness (QED) is 0.263. The number of aromatic hydroxyl groups is 1. The van der Waals surface area contributed by atoms with Gasteiger partial charge in [0.1, 0.15) is 18.3 Å². The normalized spacial score (nSPS) is 14.3. The number of ether oxygens (including phenoxy) is 1. The molecule has 1 aromatic carbocycles. The summed E-state index contributed by atoms with van der Waals surface area (Å²) in [5, 5.41) is 2.10. The molecule has 1 rings (SSSR count). The third kappa shape index (κ3) is 6.79. The van der Waals surface area contributed by atoms with Gasteiger partial charge < -0.3 is 9.66 Å². The van der Waals surface area contributed by atoms with Crippen LogP contribution in [0.1, 0.15) is 11.1 Å². The molecule has 0 bridgehead atoms. The SMILES string of the molecule is Cc1cc([S+](C)C)cc(C)c1O.O=S(=O)([O-])C(F)(F)C(F)(F)C(F)(F)C(F)(F)OC(F)(F)C(F)F. The lowest BCUT2D eigenvalue weighted by atomic mass is 10.1. The molecule has 0 saturated carbocycles. The van der Waals surface area contributed by atoms with E-state index in [1.165, 1.54) is 9.63 Å². The molecule has 0 aromatic heterocycles. The second-order valence-electron chi connectivity index (χ2n) is 6.82. The van der Waals surface area contributed by atoms with E-state index < -0.39 is 45.9 Å². The van der Waals surface area contributed by atoms with E-state index in [1.54, 1.807) is 0 Å². The maximum atomic E-state index is 12.7. The number of phenolic OH excluding ortho intramolecular Hbond substituents is 1. The highest BCUT2D eigenvalue weighted by atomic mass is 32.2. The molecule has 5 nitrogen and oxygen atoms in total. The molecule has 0 saturated heterocycles. The highest BCUT2D eigenvalue weighted by molar-refractivity contribution is 7.95. The Labute approximate surface area is 193 Å². The van der Waals surface area contributed by atoms with Crippen LogP contribution >= 0.6 is 0 Å². The van der Waals surface area contributed by atoms with Gasteiger partial charge in [0.2, 0.25) is 0 Å². The maximum absolute atomic E-state index is 12.7. The lowest BCUT2D eigenvalue weighted by Crippen LogP contribution is -2.66. The summed E-state index contributed by atoms with van der Waals surface area (Å²) in [6.45, 7) is 3.89. The van der Waals surface area contributed by atoms with Crippen LogP contribution in [0.25, 0.3) is 0 Å². The average molecular weight is 580 g/mol. The smallest absolute Gasteiger partial charge is 0.430 e. The monoisotopic (exact) mass is 580 g/mol. The van der Waals surface area contributed by atoms with Crippen molar-refractivity contribution in [3.05, 3.63) is 23.3 Å². The van der Waals surface area contributed by atoms with Gasteiger partial charge >= 0.3 is 35.7 Å². The molecule has 0 aliphatic heterocycles. The zero-order valence-electron chi connectivity index (χ0n) is 17.7. The predicted octanol–water partition coefficient (Wildman–Crippen LogP) is 5.11. The number of benzene rings is 1. The van der Waals surface area contributed by atoms with Crippen molar-refractivity contribution in [2.75, 3.05) is 12.5 Å². The first-order chi connectivity index (χ1) is 15.2. The fraction of sp³-hybridized carbons (Fsp3) is 0.625. The minimum Gasteiger partial charge on any atom is -0.743 e. The zero-order chi connectivity index (χ0) is 28.6. The van der Waals surface area contributed by atoms with Crippen molar-refractivity contribution in [1.82, 2.24) is 0 Å². The van der Waals surface area contributed by atoms with Crippen molar-refractivity contribution < 1.29 is 75.5 Å². The molecule has 1 aromatic rings. The van der Waals surface area contributed by atoms with Gasteiger partial charge in [-0.3, -0.25) is 0 Å². The molecule has 0 unspecified atom stereocenters. The summed E-state index contributed by atoms with van der Waals surface area (Å²) in [5.74, 6) is -15.2. The summed E-state index contributed by atoms with van der Waals surface area (Å²) < 4.78 is 179. The fourth-order valence-corrected chi connectivity index (χ4v) is 3.22. The number of alkyl halides is 12. The van der Waals surface area contributed by atoms with Crippen molar-refractivity contribution in [1.29, 1.82) is 0 Å². The number of rotatable bonds is 8.